The van der Waals surface area contributed by atoms with E-state index in [2.05, 4.69) is 25.8 Å². The Bertz CT molecular complexity index is 993. The Balaban J connectivity index is 1.60. The molecule has 4 rings (SSSR count). The van der Waals surface area contributed by atoms with E-state index >= 15 is 0 Å². The monoisotopic (exact) mass is 351 g/mol. The molecule has 1 fully saturated rings. The SMILES string of the molecule is COc1cc(N2CCN(c3cc(=O)n(C)c4ccccc34)CC2)ncn1. The Labute approximate surface area is 151 Å². The fourth-order valence-electron chi connectivity index (χ4n) is 3.45. The van der Waals surface area contributed by atoms with Crippen molar-refractivity contribution >= 4 is 22.4 Å². The topological polar surface area (TPSA) is 63.5 Å². The van der Waals surface area contributed by atoms with Crippen LogP contribution in [0.3, 0.4) is 0 Å². The highest BCUT2D eigenvalue weighted by Gasteiger charge is 2.21. The van der Waals surface area contributed by atoms with Crippen molar-refractivity contribution in [2.75, 3.05) is 43.1 Å². The molecule has 0 saturated carbocycles. The number of fused-ring (bicyclic) bond motifs is 1. The number of hydrogen-bond acceptors (Lipinski definition) is 6. The molecule has 134 valence electrons. The highest BCUT2D eigenvalue weighted by molar-refractivity contribution is 5.92. The minimum Gasteiger partial charge on any atom is -0.481 e. The van der Waals surface area contributed by atoms with Crippen molar-refractivity contribution in [1.82, 2.24) is 14.5 Å². The molecule has 0 N–H and O–H groups in total. The van der Waals surface area contributed by atoms with Gasteiger partial charge in [-0.05, 0) is 6.07 Å². The molecule has 1 saturated heterocycles. The number of aryl methyl sites for hydroxylation is 1. The molecule has 7 heteroatoms. The minimum atomic E-state index is 0.0154. The predicted molar refractivity (Wildman–Crippen MR) is 102 cm³/mol. The van der Waals surface area contributed by atoms with Gasteiger partial charge in [0.25, 0.3) is 5.56 Å². The molecule has 7 nitrogen and oxygen atoms in total. The van der Waals surface area contributed by atoms with Gasteiger partial charge in [0, 0.05) is 50.7 Å². The summed E-state index contributed by atoms with van der Waals surface area (Å²) in [6.45, 7) is 3.29. The second-order valence-electron chi connectivity index (χ2n) is 6.34. The lowest BCUT2D eigenvalue weighted by molar-refractivity contribution is 0.396. The fraction of sp³-hybridized carbons (Fsp3) is 0.316. The highest BCUT2D eigenvalue weighted by Crippen LogP contribution is 2.26. The lowest BCUT2D eigenvalue weighted by Gasteiger charge is -2.37. The van der Waals surface area contributed by atoms with Crippen LogP contribution in [0.4, 0.5) is 11.5 Å². The Morgan fingerprint density at radius 2 is 1.73 bits per heavy atom. The third kappa shape index (κ3) is 2.85. The number of methoxy groups -OCH3 is 1. The summed E-state index contributed by atoms with van der Waals surface area (Å²) in [5.41, 5.74) is 1.98. The summed E-state index contributed by atoms with van der Waals surface area (Å²) in [7, 11) is 3.42. The van der Waals surface area contributed by atoms with Gasteiger partial charge in [-0.3, -0.25) is 4.79 Å². The molecular weight excluding hydrogens is 330 g/mol. The molecule has 3 aromatic rings. The number of rotatable bonds is 3. The van der Waals surface area contributed by atoms with Crippen molar-refractivity contribution in [3.63, 3.8) is 0 Å². The van der Waals surface area contributed by atoms with Gasteiger partial charge in [-0.1, -0.05) is 18.2 Å². The van der Waals surface area contributed by atoms with E-state index in [9.17, 15) is 4.79 Å². The number of pyridine rings is 1. The van der Waals surface area contributed by atoms with E-state index in [1.807, 2.05) is 31.3 Å². The van der Waals surface area contributed by atoms with Crippen LogP contribution in [0.2, 0.25) is 0 Å². The van der Waals surface area contributed by atoms with Gasteiger partial charge in [0.1, 0.15) is 12.1 Å². The molecular formula is C19H21N5O2. The molecule has 0 amide bonds. The smallest absolute Gasteiger partial charge is 0.252 e. The normalized spacial score (nSPS) is 14.7. The number of nitrogens with zero attached hydrogens (tertiary/aromatic N) is 5. The number of ether oxygens (including phenoxy) is 1. The minimum absolute atomic E-state index is 0.0154. The van der Waals surface area contributed by atoms with Crippen LogP contribution in [0.5, 0.6) is 5.88 Å². The molecule has 1 aromatic carbocycles. The molecule has 2 aromatic heterocycles. The van der Waals surface area contributed by atoms with Crippen molar-refractivity contribution in [1.29, 1.82) is 0 Å². The average molecular weight is 351 g/mol. The van der Waals surface area contributed by atoms with Crippen LogP contribution in [0.15, 0.2) is 47.5 Å². The molecule has 0 radical (unpaired) electrons. The van der Waals surface area contributed by atoms with Crippen LogP contribution in [0.1, 0.15) is 0 Å². The van der Waals surface area contributed by atoms with Gasteiger partial charge in [0.15, 0.2) is 0 Å². The van der Waals surface area contributed by atoms with E-state index in [1.54, 1.807) is 17.7 Å². The predicted octanol–water partition coefficient (Wildman–Crippen LogP) is 1.66. The zero-order chi connectivity index (χ0) is 18.1. The lowest BCUT2D eigenvalue weighted by atomic mass is 10.1. The van der Waals surface area contributed by atoms with E-state index in [4.69, 9.17) is 4.74 Å². The number of aromatic nitrogens is 3. The quantitative estimate of drug-likeness (QED) is 0.715. The third-order valence-electron chi connectivity index (χ3n) is 4.91. The molecule has 1 aliphatic heterocycles. The van der Waals surface area contributed by atoms with Gasteiger partial charge in [0.2, 0.25) is 5.88 Å². The third-order valence-corrected chi connectivity index (χ3v) is 4.91. The zero-order valence-corrected chi connectivity index (χ0v) is 14.9. The van der Waals surface area contributed by atoms with Crippen LogP contribution >= 0.6 is 0 Å². The fourth-order valence-corrected chi connectivity index (χ4v) is 3.45. The Morgan fingerprint density at radius 1 is 1.00 bits per heavy atom. The number of hydrogen-bond donors (Lipinski definition) is 0. The summed E-state index contributed by atoms with van der Waals surface area (Å²) in [5.74, 6) is 1.43. The van der Waals surface area contributed by atoms with Crippen molar-refractivity contribution < 1.29 is 4.74 Å². The van der Waals surface area contributed by atoms with E-state index in [0.29, 0.717) is 5.88 Å². The van der Waals surface area contributed by atoms with Gasteiger partial charge in [-0.15, -0.1) is 0 Å². The average Bonchev–Trinajstić information content (AvgIpc) is 2.71. The number of para-hydroxylation sites is 1. The van der Waals surface area contributed by atoms with Crippen LogP contribution in [0.25, 0.3) is 10.9 Å². The summed E-state index contributed by atoms with van der Waals surface area (Å²) in [6, 6.07) is 11.6. The first kappa shape index (κ1) is 16.4. The second kappa shape index (κ2) is 6.67. The Morgan fingerprint density at radius 3 is 2.50 bits per heavy atom. The van der Waals surface area contributed by atoms with E-state index < -0.39 is 0 Å². The summed E-state index contributed by atoms with van der Waals surface area (Å²) in [5, 5.41) is 1.10. The zero-order valence-electron chi connectivity index (χ0n) is 14.9. The van der Waals surface area contributed by atoms with Gasteiger partial charge in [-0.25, -0.2) is 9.97 Å². The Hall–Kier alpha value is -3.09. The second-order valence-corrected chi connectivity index (χ2v) is 6.34. The van der Waals surface area contributed by atoms with Crippen molar-refractivity contribution in [2.45, 2.75) is 0 Å². The summed E-state index contributed by atoms with van der Waals surface area (Å²) in [6.07, 6.45) is 1.52. The van der Waals surface area contributed by atoms with Crippen LogP contribution in [-0.4, -0.2) is 47.8 Å². The maximum Gasteiger partial charge on any atom is 0.252 e. The van der Waals surface area contributed by atoms with Crippen molar-refractivity contribution in [3.05, 3.63) is 53.1 Å². The first-order valence-electron chi connectivity index (χ1n) is 8.62. The largest absolute Gasteiger partial charge is 0.481 e. The lowest BCUT2D eigenvalue weighted by Crippen LogP contribution is -2.47. The van der Waals surface area contributed by atoms with Gasteiger partial charge < -0.3 is 19.1 Å². The molecule has 0 aliphatic carbocycles. The summed E-state index contributed by atoms with van der Waals surface area (Å²) < 4.78 is 6.88. The van der Waals surface area contributed by atoms with E-state index in [1.165, 1.54) is 6.33 Å². The number of benzene rings is 1. The van der Waals surface area contributed by atoms with Gasteiger partial charge in [0.05, 0.1) is 18.3 Å². The molecule has 26 heavy (non-hydrogen) atoms. The Kier molecular flexibility index (Phi) is 4.20. The molecule has 3 heterocycles. The van der Waals surface area contributed by atoms with Crippen molar-refractivity contribution in [3.8, 4) is 5.88 Å². The van der Waals surface area contributed by atoms with Gasteiger partial charge >= 0.3 is 0 Å². The van der Waals surface area contributed by atoms with Crippen LogP contribution < -0.4 is 20.1 Å². The van der Waals surface area contributed by atoms with E-state index in [-0.39, 0.29) is 5.56 Å². The highest BCUT2D eigenvalue weighted by atomic mass is 16.5. The first-order chi connectivity index (χ1) is 12.7. The van der Waals surface area contributed by atoms with Crippen LogP contribution in [0, 0.1) is 0 Å². The molecule has 0 unspecified atom stereocenters. The summed E-state index contributed by atoms with van der Waals surface area (Å²) in [4.78, 5) is 25.2. The number of piperazine rings is 1. The molecule has 0 bridgehead atoms. The standard InChI is InChI=1S/C19H21N5O2/c1-22-15-6-4-3-5-14(15)16(11-19(22)25)23-7-9-24(10-8-23)17-12-18(26-2)21-13-20-17/h3-6,11-13H,7-10H2,1-2H3. The summed E-state index contributed by atoms with van der Waals surface area (Å²) >= 11 is 0. The van der Waals surface area contributed by atoms with E-state index in [0.717, 1.165) is 48.6 Å². The maximum absolute atomic E-state index is 12.3. The molecule has 0 spiro atoms. The molecule has 1 aliphatic rings. The number of anilines is 2. The maximum atomic E-state index is 12.3. The van der Waals surface area contributed by atoms with Crippen molar-refractivity contribution in [2.24, 2.45) is 7.05 Å². The van der Waals surface area contributed by atoms with Gasteiger partial charge in [-0.2, -0.15) is 0 Å². The first-order valence-corrected chi connectivity index (χ1v) is 8.62. The molecule has 0 atom stereocenters. The van der Waals surface area contributed by atoms with Crippen LogP contribution in [-0.2, 0) is 7.05 Å².